The fourth-order valence-electron chi connectivity index (χ4n) is 4.20. The van der Waals surface area contributed by atoms with Gasteiger partial charge >= 0.3 is 0 Å². The summed E-state index contributed by atoms with van der Waals surface area (Å²) in [5.41, 5.74) is 6.14. The van der Waals surface area contributed by atoms with Crippen molar-refractivity contribution in [2.45, 2.75) is 13.8 Å². The third kappa shape index (κ3) is 2.43. The lowest BCUT2D eigenvalue weighted by Crippen LogP contribution is -2.39. The number of pyridine rings is 1. The van der Waals surface area contributed by atoms with Crippen molar-refractivity contribution in [2.75, 3.05) is 0 Å². The SMILES string of the molecule is Cc1c(-n2cc3ccccc3[n+]2C)cc2ccccc2c1-[n+]1ccccc1C. The Labute approximate surface area is 164 Å². The van der Waals surface area contributed by atoms with Gasteiger partial charge in [-0.3, -0.25) is 0 Å². The number of aromatic nitrogens is 3. The van der Waals surface area contributed by atoms with Gasteiger partial charge in [0.25, 0.3) is 0 Å². The second-order valence-corrected chi connectivity index (χ2v) is 7.36. The zero-order chi connectivity index (χ0) is 19.3. The molecule has 5 aromatic rings. The number of hydrogen-bond donors (Lipinski definition) is 0. The zero-order valence-corrected chi connectivity index (χ0v) is 16.4. The summed E-state index contributed by atoms with van der Waals surface area (Å²) in [6.45, 7) is 4.38. The molecule has 28 heavy (non-hydrogen) atoms. The molecule has 0 saturated carbocycles. The van der Waals surface area contributed by atoms with Crippen LogP contribution < -0.4 is 9.25 Å². The second-order valence-electron chi connectivity index (χ2n) is 7.36. The molecule has 0 unspecified atom stereocenters. The molecule has 0 saturated heterocycles. The van der Waals surface area contributed by atoms with Gasteiger partial charge in [-0.25, -0.2) is 0 Å². The fraction of sp³-hybridized carbons (Fsp3) is 0.120. The molecule has 0 aliphatic carbocycles. The molecule has 136 valence electrons. The number of aryl methyl sites for hydroxylation is 2. The van der Waals surface area contributed by atoms with E-state index in [0.717, 1.165) is 0 Å². The lowest BCUT2D eigenvalue weighted by molar-refractivity contribution is -0.720. The number of nitrogens with zero attached hydrogens (tertiary/aromatic N) is 3. The minimum atomic E-state index is 1.20. The summed E-state index contributed by atoms with van der Waals surface area (Å²) in [5.74, 6) is 0. The Balaban J connectivity index is 1.90. The summed E-state index contributed by atoms with van der Waals surface area (Å²) in [5, 5.41) is 3.75. The van der Waals surface area contributed by atoms with Crippen LogP contribution in [0.15, 0.2) is 85.2 Å². The first-order valence-electron chi connectivity index (χ1n) is 9.62. The summed E-state index contributed by atoms with van der Waals surface area (Å²) >= 11 is 0. The number of fused-ring (bicyclic) bond motifs is 2. The molecule has 5 rings (SSSR count). The Kier molecular flexibility index (Phi) is 3.76. The molecule has 0 spiro atoms. The van der Waals surface area contributed by atoms with E-state index in [0.29, 0.717) is 0 Å². The van der Waals surface area contributed by atoms with E-state index in [1.54, 1.807) is 0 Å². The van der Waals surface area contributed by atoms with Crippen LogP contribution in [0, 0.1) is 13.8 Å². The molecule has 2 aromatic heterocycles. The van der Waals surface area contributed by atoms with Crippen LogP contribution in [0.25, 0.3) is 33.1 Å². The van der Waals surface area contributed by atoms with Gasteiger partial charge in [-0.1, -0.05) is 36.4 Å². The average molecular weight is 365 g/mol. The van der Waals surface area contributed by atoms with Gasteiger partial charge in [0.1, 0.15) is 5.69 Å². The Morgan fingerprint density at radius 1 is 0.786 bits per heavy atom. The highest BCUT2D eigenvalue weighted by Crippen LogP contribution is 2.29. The highest BCUT2D eigenvalue weighted by molar-refractivity contribution is 5.92. The molecule has 0 N–H and O–H groups in total. The highest BCUT2D eigenvalue weighted by atomic mass is 15.4. The number of para-hydroxylation sites is 1. The summed E-state index contributed by atoms with van der Waals surface area (Å²) in [7, 11) is 2.12. The van der Waals surface area contributed by atoms with Crippen molar-refractivity contribution in [2.24, 2.45) is 7.05 Å². The van der Waals surface area contributed by atoms with E-state index in [1.165, 1.54) is 44.3 Å². The van der Waals surface area contributed by atoms with E-state index in [2.05, 4.69) is 120 Å². The lowest BCUT2D eigenvalue weighted by Gasteiger charge is -2.12. The Bertz CT molecular complexity index is 1350. The summed E-state index contributed by atoms with van der Waals surface area (Å²) in [6, 6.07) is 25.8. The molecule has 0 bridgehead atoms. The molecule has 3 aromatic carbocycles. The third-order valence-corrected chi connectivity index (χ3v) is 5.67. The van der Waals surface area contributed by atoms with E-state index in [1.807, 2.05) is 0 Å². The fourth-order valence-corrected chi connectivity index (χ4v) is 4.20. The van der Waals surface area contributed by atoms with Crippen molar-refractivity contribution in [1.82, 2.24) is 4.68 Å². The smallest absolute Gasteiger partial charge is 0.164 e. The Hall–Kier alpha value is -3.46. The van der Waals surface area contributed by atoms with Crippen molar-refractivity contribution in [3.63, 3.8) is 0 Å². The van der Waals surface area contributed by atoms with E-state index in [-0.39, 0.29) is 0 Å². The quantitative estimate of drug-likeness (QED) is 0.409. The van der Waals surface area contributed by atoms with Crippen molar-refractivity contribution in [1.29, 1.82) is 0 Å². The molecule has 0 amide bonds. The maximum atomic E-state index is 2.30. The number of hydrogen-bond acceptors (Lipinski definition) is 0. The van der Waals surface area contributed by atoms with Gasteiger partial charge in [-0.05, 0) is 30.5 Å². The molecule has 0 aliphatic heterocycles. The van der Waals surface area contributed by atoms with Gasteiger partial charge in [-0.15, -0.1) is 9.36 Å². The van der Waals surface area contributed by atoms with Gasteiger partial charge in [0.15, 0.2) is 18.9 Å². The van der Waals surface area contributed by atoms with Gasteiger partial charge < -0.3 is 0 Å². The van der Waals surface area contributed by atoms with E-state index < -0.39 is 0 Å². The predicted octanol–water partition coefficient (Wildman–Crippen LogP) is 4.50. The molecule has 3 nitrogen and oxygen atoms in total. The molecule has 3 heteroatoms. The maximum Gasteiger partial charge on any atom is 0.238 e. The lowest BCUT2D eigenvalue weighted by atomic mass is 10.0. The molecule has 0 aliphatic rings. The van der Waals surface area contributed by atoms with Crippen LogP contribution in [-0.4, -0.2) is 4.68 Å². The van der Waals surface area contributed by atoms with Crippen LogP contribution in [0.5, 0.6) is 0 Å². The van der Waals surface area contributed by atoms with Crippen LogP contribution in [0.3, 0.4) is 0 Å². The molecular weight excluding hydrogens is 342 g/mol. The normalized spacial score (nSPS) is 11.4. The van der Waals surface area contributed by atoms with Crippen molar-refractivity contribution >= 4 is 21.7 Å². The molecule has 0 atom stereocenters. The van der Waals surface area contributed by atoms with Gasteiger partial charge in [0, 0.05) is 25.1 Å². The number of rotatable bonds is 2. The molecule has 0 fully saturated rings. The first kappa shape index (κ1) is 16.7. The molecular formula is C25H23N3+2. The minimum Gasteiger partial charge on any atom is -0.164 e. The maximum absolute atomic E-state index is 2.30. The summed E-state index contributed by atoms with van der Waals surface area (Å²) in [4.78, 5) is 0. The first-order valence-corrected chi connectivity index (χ1v) is 9.62. The first-order chi connectivity index (χ1) is 13.6. The highest BCUT2D eigenvalue weighted by Gasteiger charge is 2.24. The van der Waals surface area contributed by atoms with Crippen molar-refractivity contribution < 1.29 is 9.25 Å². The topological polar surface area (TPSA) is 12.7 Å². The van der Waals surface area contributed by atoms with Crippen LogP contribution in [0.2, 0.25) is 0 Å². The zero-order valence-electron chi connectivity index (χ0n) is 16.4. The second kappa shape index (κ2) is 6.31. The van der Waals surface area contributed by atoms with E-state index in [9.17, 15) is 0 Å². The van der Waals surface area contributed by atoms with Crippen molar-refractivity contribution in [3.8, 4) is 11.4 Å². The van der Waals surface area contributed by atoms with Crippen LogP contribution in [0.4, 0.5) is 0 Å². The minimum absolute atomic E-state index is 1.20. The number of benzene rings is 3. The van der Waals surface area contributed by atoms with Crippen LogP contribution in [-0.2, 0) is 7.05 Å². The van der Waals surface area contributed by atoms with Gasteiger partial charge in [0.2, 0.25) is 11.2 Å². The predicted molar refractivity (Wildman–Crippen MR) is 113 cm³/mol. The summed E-state index contributed by atoms with van der Waals surface area (Å²) in [6.07, 6.45) is 4.37. The van der Waals surface area contributed by atoms with Gasteiger partial charge in [-0.2, -0.15) is 4.57 Å². The Morgan fingerprint density at radius 2 is 1.50 bits per heavy atom. The largest absolute Gasteiger partial charge is 0.238 e. The molecule has 0 radical (unpaired) electrons. The average Bonchev–Trinajstić information content (AvgIpc) is 3.05. The van der Waals surface area contributed by atoms with Gasteiger partial charge in [0.05, 0.1) is 22.5 Å². The van der Waals surface area contributed by atoms with E-state index >= 15 is 0 Å². The third-order valence-electron chi connectivity index (χ3n) is 5.67. The van der Waals surface area contributed by atoms with Crippen LogP contribution >= 0.6 is 0 Å². The standard InChI is InChI=1S/C25H23N3/c1-18-10-8-9-15-27(18)25-19(2)24(16-20-11-4-6-13-22(20)25)28-17-21-12-5-7-14-23(21)26(28)3/h4-17H,1-3H3/q+2. The summed E-state index contributed by atoms with van der Waals surface area (Å²) < 4.78 is 6.78. The van der Waals surface area contributed by atoms with Crippen molar-refractivity contribution in [3.05, 3.63) is 96.4 Å². The Morgan fingerprint density at radius 3 is 2.29 bits per heavy atom. The van der Waals surface area contributed by atoms with Crippen LogP contribution in [0.1, 0.15) is 11.3 Å². The monoisotopic (exact) mass is 365 g/mol. The van der Waals surface area contributed by atoms with E-state index in [4.69, 9.17) is 0 Å². The molecule has 2 heterocycles.